The molecule has 3 aliphatic rings. The van der Waals surface area contributed by atoms with E-state index in [0.29, 0.717) is 24.2 Å². The Morgan fingerprint density at radius 1 is 1.05 bits per heavy atom. The number of pyridine rings is 1. The van der Waals surface area contributed by atoms with Gasteiger partial charge < -0.3 is 15.1 Å². The molecule has 196 valence electrons. The highest BCUT2D eigenvalue weighted by atomic mass is 35.5. The van der Waals surface area contributed by atoms with E-state index in [1.807, 2.05) is 17.9 Å². The number of carbonyl (C=O) groups is 3. The average molecular weight is 524 g/mol. The zero-order valence-electron chi connectivity index (χ0n) is 21.3. The van der Waals surface area contributed by atoms with Crippen LogP contribution >= 0.6 is 11.6 Å². The number of anilines is 1. The van der Waals surface area contributed by atoms with E-state index in [0.717, 1.165) is 69.0 Å². The lowest BCUT2D eigenvalue weighted by Gasteiger charge is -2.39. The van der Waals surface area contributed by atoms with Crippen molar-refractivity contribution in [2.75, 3.05) is 31.5 Å². The molecule has 3 fully saturated rings. The number of rotatable bonds is 6. The van der Waals surface area contributed by atoms with Crippen LogP contribution in [0.15, 0.2) is 36.5 Å². The predicted octanol–water partition coefficient (Wildman–Crippen LogP) is 3.87. The Labute approximate surface area is 223 Å². The lowest BCUT2D eigenvalue weighted by Crippen LogP contribution is -2.51. The maximum absolute atomic E-state index is 13.3. The molecule has 0 radical (unpaired) electrons. The van der Waals surface area contributed by atoms with Crippen LogP contribution in [0.25, 0.3) is 0 Å². The van der Waals surface area contributed by atoms with Crippen LogP contribution in [0.4, 0.5) is 5.82 Å². The summed E-state index contributed by atoms with van der Waals surface area (Å²) >= 11 is 6.16. The van der Waals surface area contributed by atoms with E-state index in [1.54, 1.807) is 23.2 Å². The van der Waals surface area contributed by atoms with Gasteiger partial charge in [-0.25, -0.2) is 4.98 Å². The summed E-state index contributed by atoms with van der Waals surface area (Å²) < 4.78 is 0. The number of hydrogen-bond acceptors (Lipinski definition) is 5. The molecule has 8 nitrogen and oxygen atoms in total. The molecule has 0 bridgehead atoms. The van der Waals surface area contributed by atoms with Crippen molar-refractivity contribution in [1.29, 1.82) is 0 Å². The maximum atomic E-state index is 13.3. The van der Waals surface area contributed by atoms with Gasteiger partial charge in [0.25, 0.3) is 5.91 Å². The van der Waals surface area contributed by atoms with Crippen LogP contribution in [0.5, 0.6) is 0 Å². The fourth-order valence-electron chi connectivity index (χ4n) is 5.78. The summed E-state index contributed by atoms with van der Waals surface area (Å²) in [7, 11) is 0. The second kappa shape index (κ2) is 11.2. The summed E-state index contributed by atoms with van der Waals surface area (Å²) in [5.74, 6) is 0.122. The van der Waals surface area contributed by atoms with E-state index in [9.17, 15) is 14.4 Å². The molecule has 3 aliphatic heterocycles. The first kappa shape index (κ1) is 25.7. The third-order valence-corrected chi connectivity index (χ3v) is 8.21. The van der Waals surface area contributed by atoms with Crippen molar-refractivity contribution in [1.82, 2.24) is 19.7 Å². The Morgan fingerprint density at radius 2 is 1.81 bits per heavy atom. The number of halogens is 1. The molecule has 1 aromatic carbocycles. The number of aromatic nitrogens is 1. The molecule has 2 aromatic rings. The lowest BCUT2D eigenvalue weighted by molar-refractivity contribution is -0.136. The van der Waals surface area contributed by atoms with Gasteiger partial charge in [-0.2, -0.15) is 0 Å². The normalized spacial score (nSPS) is 21.0. The van der Waals surface area contributed by atoms with Crippen molar-refractivity contribution in [3.05, 3.63) is 58.2 Å². The first-order valence-corrected chi connectivity index (χ1v) is 13.6. The molecule has 1 atom stereocenters. The molecule has 37 heavy (non-hydrogen) atoms. The SMILES string of the molecule is Cc1cc(CN2CCC(N3C(=O)CC[C@@H]3C(=O)Nc3cc(C(=O)N4CCCC4)ccn3)CC2)ccc1Cl. The number of nitrogens with one attached hydrogen (secondary N) is 1. The Kier molecular flexibility index (Phi) is 7.76. The fourth-order valence-corrected chi connectivity index (χ4v) is 5.90. The Hall–Kier alpha value is -2.97. The van der Waals surface area contributed by atoms with Crippen LogP contribution in [-0.2, 0) is 16.1 Å². The van der Waals surface area contributed by atoms with Gasteiger partial charge in [-0.1, -0.05) is 23.7 Å². The highest BCUT2D eigenvalue weighted by molar-refractivity contribution is 6.31. The Morgan fingerprint density at radius 3 is 2.54 bits per heavy atom. The van der Waals surface area contributed by atoms with E-state index in [4.69, 9.17) is 11.6 Å². The number of benzene rings is 1. The van der Waals surface area contributed by atoms with E-state index < -0.39 is 6.04 Å². The zero-order valence-corrected chi connectivity index (χ0v) is 22.0. The highest BCUT2D eigenvalue weighted by Crippen LogP contribution is 2.29. The Balaban J connectivity index is 1.19. The second-order valence-electron chi connectivity index (χ2n) is 10.4. The molecular formula is C28H34ClN5O3. The van der Waals surface area contributed by atoms with Crippen LogP contribution < -0.4 is 5.32 Å². The lowest BCUT2D eigenvalue weighted by atomic mass is 10.0. The number of nitrogens with zero attached hydrogens (tertiary/aromatic N) is 4. The monoisotopic (exact) mass is 523 g/mol. The van der Waals surface area contributed by atoms with E-state index in [1.165, 1.54) is 5.56 Å². The summed E-state index contributed by atoms with van der Waals surface area (Å²) in [6.45, 7) is 6.12. The highest BCUT2D eigenvalue weighted by Gasteiger charge is 2.41. The van der Waals surface area contributed by atoms with Crippen molar-refractivity contribution in [2.45, 2.75) is 64.1 Å². The van der Waals surface area contributed by atoms with Gasteiger partial charge in [0.2, 0.25) is 11.8 Å². The molecule has 0 spiro atoms. The van der Waals surface area contributed by atoms with Crippen molar-refractivity contribution in [3.63, 3.8) is 0 Å². The molecule has 1 N–H and O–H groups in total. The summed E-state index contributed by atoms with van der Waals surface area (Å²) in [6, 6.07) is 8.98. The van der Waals surface area contributed by atoms with Crippen molar-refractivity contribution >= 4 is 35.1 Å². The molecule has 3 saturated heterocycles. The minimum absolute atomic E-state index is 0.0337. The Bertz CT molecular complexity index is 1170. The topological polar surface area (TPSA) is 85.8 Å². The molecule has 3 amide bonds. The van der Waals surface area contributed by atoms with E-state index in [-0.39, 0.29) is 23.8 Å². The first-order chi connectivity index (χ1) is 17.9. The van der Waals surface area contributed by atoms with Gasteiger partial charge >= 0.3 is 0 Å². The van der Waals surface area contributed by atoms with Gasteiger partial charge in [0, 0.05) is 62.0 Å². The molecule has 0 unspecified atom stereocenters. The molecule has 9 heteroatoms. The van der Waals surface area contributed by atoms with Gasteiger partial charge in [0.15, 0.2) is 0 Å². The number of amides is 3. The van der Waals surface area contributed by atoms with Crippen molar-refractivity contribution < 1.29 is 14.4 Å². The summed E-state index contributed by atoms with van der Waals surface area (Å²) in [5.41, 5.74) is 2.83. The minimum Gasteiger partial charge on any atom is -0.339 e. The average Bonchev–Trinajstić information content (AvgIpc) is 3.57. The number of aryl methyl sites for hydroxylation is 1. The summed E-state index contributed by atoms with van der Waals surface area (Å²) in [4.78, 5) is 49.1. The van der Waals surface area contributed by atoms with Gasteiger partial charge in [0.05, 0.1) is 0 Å². The van der Waals surface area contributed by atoms with Gasteiger partial charge in [-0.3, -0.25) is 19.3 Å². The number of hydrogen-bond donors (Lipinski definition) is 1. The second-order valence-corrected chi connectivity index (χ2v) is 10.8. The first-order valence-electron chi connectivity index (χ1n) is 13.2. The predicted molar refractivity (Wildman–Crippen MR) is 142 cm³/mol. The number of piperidine rings is 1. The van der Waals surface area contributed by atoms with Crippen LogP contribution in [0.1, 0.15) is 60.0 Å². The standard InChI is InChI=1S/C28H34ClN5O3/c1-19-16-20(4-5-23(19)29)18-32-14-9-22(10-15-32)34-24(6-7-26(34)35)27(36)31-25-17-21(8-11-30-25)28(37)33-12-2-3-13-33/h4-5,8,11,16-17,22,24H,2-3,6-7,9-10,12-15,18H2,1H3,(H,30,31,36)/t24-/m1/s1. The van der Waals surface area contributed by atoms with Gasteiger partial charge in [-0.15, -0.1) is 0 Å². The molecule has 4 heterocycles. The molecule has 0 saturated carbocycles. The van der Waals surface area contributed by atoms with Crippen molar-refractivity contribution in [2.24, 2.45) is 0 Å². The van der Waals surface area contributed by atoms with Crippen LogP contribution in [0.3, 0.4) is 0 Å². The zero-order chi connectivity index (χ0) is 25.9. The van der Waals surface area contributed by atoms with Crippen LogP contribution in [0.2, 0.25) is 5.02 Å². The third-order valence-electron chi connectivity index (χ3n) is 7.79. The van der Waals surface area contributed by atoms with E-state index in [2.05, 4.69) is 27.3 Å². The number of carbonyl (C=O) groups excluding carboxylic acids is 3. The van der Waals surface area contributed by atoms with Crippen molar-refractivity contribution in [3.8, 4) is 0 Å². The third kappa shape index (κ3) is 5.80. The van der Waals surface area contributed by atoms with Crippen LogP contribution in [0, 0.1) is 6.92 Å². The molecule has 5 rings (SSSR count). The summed E-state index contributed by atoms with van der Waals surface area (Å²) in [6.07, 6.45) is 6.14. The molecule has 0 aliphatic carbocycles. The smallest absolute Gasteiger partial charge is 0.254 e. The summed E-state index contributed by atoms with van der Waals surface area (Å²) in [5, 5.41) is 3.65. The van der Waals surface area contributed by atoms with Crippen LogP contribution in [-0.4, -0.2) is 75.7 Å². The maximum Gasteiger partial charge on any atom is 0.254 e. The largest absolute Gasteiger partial charge is 0.339 e. The molecule has 1 aromatic heterocycles. The van der Waals surface area contributed by atoms with Gasteiger partial charge in [0.1, 0.15) is 11.9 Å². The molecular weight excluding hydrogens is 490 g/mol. The fraction of sp³-hybridized carbons (Fsp3) is 0.500. The van der Waals surface area contributed by atoms with E-state index >= 15 is 0 Å². The minimum atomic E-state index is -0.511. The number of likely N-dealkylation sites (tertiary alicyclic amines) is 3. The van der Waals surface area contributed by atoms with Gasteiger partial charge in [-0.05, 0) is 68.4 Å². The quantitative estimate of drug-likeness (QED) is 0.621.